The van der Waals surface area contributed by atoms with E-state index in [1.54, 1.807) is 19.3 Å². The van der Waals surface area contributed by atoms with Crippen molar-refractivity contribution in [1.82, 2.24) is 4.98 Å². The van der Waals surface area contributed by atoms with E-state index in [2.05, 4.69) is 4.98 Å². The first-order valence-corrected chi connectivity index (χ1v) is 5.68. The quantitative estimate of drug-likeness (QED) is 0.907. The molecule has 4 heteroatoms. The van der Waals surface area contributed by atoms with Crippen molar-refractivity contribution in [2.75, 3.05) is 0 Å². The fraction of sp³-hybridized carbons (Fsp3) is 0.214. The van der Waals surface area contributed by atoms with Crippen molar-refractivity contribution >= 4 is 0 Å². The molecular formula is C14H14F2N2. The van der Waals surface area contributed by atoms with Gasteiger partial charge < -0.3 is 5.73 Å². The lowest BCUT2D eigenvalue weighted by Gasteiger charge is -2.14. The number of rotatable bonds is 3. The molecule has 0 saturated heterocycles. The van der Waals surface area contributed by atoms with Crippen LogP contribution in [0.25, 0.3) is 0 Å². The third kappa shape index (κ3) is 2.71. The molecule has 1 atom stereocenters. The molecule has 0 spiro atoms. The lowest BCUT2D eigenvalue weighted by Crippen LogP contribution is -2.15. The van der Waals surface area contributed by atoms with Crippen molar-refractivity contribution in [3.63, 3.8) is 0 Å². The second-order valence-electron chi connectivity index (χ2n) is 4.29. The smallest absolute Gasteiger partial charge is 0.130 e. The molecule has 0 bridgehead atoms. The average Bonchev–Trinajstić information content (AvgIpc) is 2.35. The maximum absolute atomic E-state index is 13.7. The monoisotopic (exact) mass is 248 g/mol. The van der Waals surface area contributed by atoms with Crippen LogP contribution in [-0.2, 0) is 6.42 Å². The molecule has 2 nitrogen and oxygen atoms in total. The zero-order valence-corrected chi connectivity index (χ0v) is 10.0. The zero-order valence-electron chi connectivity index (χ0n) is 10.0. The van der Waals surface area contributed by atoms with Crippen LogP contribution in [0, 0.1) is 18.6 Å². The first-order chi connectivity index (χ1) is 8.58. The number of hydrogen-bond acceptors (Lipinski definition) is 2. The van der Waals surface area contributed by atoms with Gasteiger partial charge in [0.25, 0.3) is 0 Å². The number of benzene rings is 1. The van der Waals surface area contributed by atoms with Gasteiger partial charge in [0, 0.05) is 30.1 Å². The topological polar surface area (TPSA) is 38.9 Å². The molecular weight excluding hydrogens is 234 g/mol. The number of hydrogen-bond donors (Lipinski definition) is 1. The van der Waals surface area contributed by atoms with Gasteiger partial charge in [-0.3, -0.25) is 4.98 Å². The minimum atomic E-state index is -0.598. The summed E-state index contributed by atoms with van der Waals surface area (Å²) in [5.74, 6) is -1.15. The van der Waals surface area contributed by atoms with Crippen LogP contribution in [0.15, 0.2) is 36.7 Å². The van der Waals surface area contributed by atoms with E-state index in [9.17, 15) is 8.78 Å². The Balaban J connectivity index is 2.24. The summed E-state index contributed by atoms with van der Waals surface area (Å²) >= 11 is 0. The number of nitrogens with two attached hydrogens (primary N) is 1. The summed E-state index contributed by atoms with van der Waals surface area (Å²) in [6.45, 7) is 1.59. The molecule has 94 valence electrons. The number of nitrogens with zero attached hydrogens (tertiary/aromatic N) is 1. The van der Waals surface area contributed by atoms with Crippen molar-refractivity contribution in [1.29, 1.82) is 0 Å². The Bertz CT molecular complexity index is 541. The molecule has 18 heavy (non-hydrogen) atoms. The highest BCUT2D eigenvalue weighted by molar-refractivity contribution is 5.29. The maximum Gasteiger partial charge on any atom is 0.130 e. The lowest BCUT2D eigenvalue weighted by atomic mass is 9.98. The molecule has 1 unspecified atom stereocenters. The fourth-order valence-electron chi connectivity index (χ4n) is 1.85. The van der Waals surface area contributed by atoms with Gasteiger partial charge in [0.05, 0.1) is 0 Å². The highest BCUT2D eigenvalue weighted by atomic mass is 19.1. The highest BCUT2D eigenvalue weighted by Crippen LogP contribution is 2.22. The second kappa shape index (κ2) is 5.23. The van der Waals surface area contributed by atoms with Gasteiger partial charge in [-0.15, -0.1) is 0 Å². The van der Waals surface area contributed by atoms with Crippen LogP contribution >= 0.6 is 0 Å². The largest absolute Gasteiger partial charge is 0.324 e. The SMILES string of the molecule is Cc1cc(C(N)Cc2ccncc2)c(F)cc1F. The van der Waals surface area contributed by atoms with Crippen LogP contribution in [0.5, 0.6) is 0 Å². The summed E-state index contributed by atoms with van der Waals surface area (Å²) in [7, 11) is 0. The molecule has 0 fully saturated rings. The zero-order chi connectivity index (χ0) is 13.1. The average molecular weight is 248 g/mol. The molecule has 0 radical (unpaired) electrons. The maximum atomic E-state index is 13.7. The summed E-state index contributed by atoms with van der Waals surface area (Å²) in [6, 6.07) is 5.52. The van der Waals surface area contributed by atoms with E-state index in [4.69, 9.17) is 5.73 Å². The van der Waals surface area contributed by atoms with Gasteiger partial charge in [-0.05, 0) is 42.7 Å². The molecule has 0 saturated carbocycles. The molecule has 0 aliphatic heterocycles. The lowest BCUT2D eigenvalue weighted by molar-refractivity contribution is 0.549. The molecule has 1 aromatic heterocycles. The molecule has 0 aliphatic carbocycles. The summed E-state index contributed by atoms with van der Waals surface area (Å²) in [4.78, 5) is 3.90. The highest BCUT2D eigenvalue weighted by Gasteiger charge is 2.14. The van der Waals surface area contributed by atoms with Gasteiger partial charge in [0.1, 0.15) is 11.6 Å². The van der Waals surface area contributed by atoms with Gasteiger partial charge in [0.2, 0.25) is 0 Å². The van der Waals surface area contributed by atoms with Crippen molar-refractivity contribution in [2.24, 2.45) is 5.73 Å². The third-order valence-corrected chi connectivity index (χ3v) is 2.88. The molecule has 0 amide bonds. The van der Waals surface area contributed by atoms with Crippen molar-refractivity contribution in [3.05, 3.63) is 65.0 Å². The van der Waals surface area contributed by atoms with E-state index < -0.39 is 17.7 Å². The Labute approximate surface area is 104 Å². The first-order valence-electron chi connectivity index (χ1n) is 5.68. The van der Waals surface area contributed by atoms with Gasteiger partial charge >= 0.3 is 0 Å². The van der Waals surface area contributed by atoms with Crippen LogP contribution in [-0.4, -0.2) is 4.98 Å². The van der Waals surface area contributed by atoms with Gasteiger partial charge in [-0.25, -0.2) is 8.78 Å². The summed E-state index contributed by atoms with van der Waals surface area (Å²) in [6.07, 6.45) is 3.81. The van der Waals surface area contributed by atoms with Crippen molar-refractivity contribution in [3.8, 4) is 0 Å². The van der Waals surface area contributed by atoms with Crippen LogP contribution in [0.1, 0.15) is 22.7 Å². The van der Waals surface area contributed by atoms with Crippen molar-refractivity contribution < 1.29 is 8.78 Å². The Morgan fingerprint density at radius 2 is 1.83 bits per heavy atom. The Hall–Kier alpha value is -1.81. The first kappa shape index (κ1) is 12.6. The van der Waals surface area contributed by atoms with Crippen LogP contribution in [0.2, 0.25) is 0 Å². The predicted octanol–water partition coefficient (Wildman–Crippen LogP) is 2.91. The van der Waals surface area contributed by atoms with E-state index in [-0.39, 0.29) is 0 Å². The predicted molar refractivity (Wildman–Crippen MR) is 66.0 cm³/mol. The second-order valence-corrected chi connectivity index (χ2v) is 4.29. The molecule has 2 rings (SSSR count). The van der Waals surface area contributed by atoms with E-state index in [1.807, 2.05) is 12.1 Å². The number of pyridine rings is 1. The fourth-order valence-corrected chi connectivity index (χ4v) is 1.85. The number of halogens is 2. The van der Waals surface area contributed by atoms with Gasteiger partial charge in [-0.1, -0.05) is 0 Å². The molecule has 2 N–H and O–H groups in total. The van der Waals surface area contributed by atoms with E-state index >= 15 is 0 Å². The van der Waals surface area contributed by atoms with E-state index in [1.165, 1.54) is 6.07 Å². The third-order valence-electron chi connectivity index (χ3n) is 2.88. The van der Waals surface area contributed by atoms with Crippen LogP contribution in [0.4, 0.5) is 8.78 Å². The summed E-state index contributed by atoms with van der Waals surface area (Å²) in [5.41, 5.74) is 7.67. The van der Waals surface area contributed by atoms with Crippen LogP contribution in [0.3, 0.4) is 0 Å². The summed E-state index contributed by atoms with van der Waals surface area (Å²) < 4.78 is 26.8. The van der Waals surface area contributed by atoms with Crippen molar-refractivity contribution in [2.45, 2.75) is 19.4 Å². The van der Waals surface area contributed by atoms with E-state index in [0.29, 0.717) is 17.5 Å². The normalized spacial score (nSPS) is 12.4. The van der Waals surface area contributed by atoms with E-state index in [0.717, 1.165) is 11.6 Å². The Morgan fingerprint density at radius 3 is 2.50 bits per heavy atom. The molecule has 1 heterocycles. The molecule has 2 aromatic rings. The number of aryl methyl sites for hydroxylation is 1. The van der Waals surface area contributed by atoms with Gasteiger partial charge in [0.15, 0.2) is 0 Å². The Kier molecular flexibility index (Phi) is 3.67. The molecule has 1 aromatic carbocycles. The summed E-state index contributed by atoms with van der Waals surface area (Å²) in [5, 5.41) is 0. The Morgan fingerprint density at radius 1 is 1.17 bits per heavy atom. The minimum Gasteiger partial charge on any atom is -0.324 e. The van der Waals surface area contributed by atoms with Crippen LogP contribution < -0.4 is 5.73 Å². The minimum absolute atomic E-state index is 0.339. The molecule has 0 aliphatic rings. The van der Waals surface area contributed by atoms with Gasteiger partial charge in [-0.2, -0.15) is 0 Å². The standard InChI is InChI=1S/C14H14F2N2/c1-9-6-11(13(16)8-12(9)15)14(17)7-10-2-4-18-5-3-10/h2-6,8,14H,7,17H2,1H3. The number of aromatic nitrogens is 1.